The van der Waals surface area contributed by atoms with Crippen molar-refractivity contribution in [3.8, 4) is 0 Å². The van der Waals surface area contributed by atoms with Gasteiger partial charge in [-0.05, 0) is 60.9 Å². The molecule has 1 aromatic heterocycles. The van der Waals surface area contributed by atoms with Gasteiger partial charge < -0.3 is 18.6 Å². The Bertz CT molecular complexity index is 809. The van der Waals surface area contributed by atoms with E-state index >= 15 is 0 Å². The minimum atomic E-state index is -2.25. The van der Waals surface area contributed by atoms with E-state index in [9.17, 15) is 13.6 Å². The van der Waals surface area contributed by atoms with Gasteiger partial charge in [0.25, 0.3) is 0 Å². The maximum atomic E-state index is 13.1. The van der Waals surface area contributed by atoms with Crippen LogP contribution in [0, 0.1) is 5.41 Å². The van der Waals surface area contributed by atoms with Crippen LogP contribution in [-0.4, -0.2) is 44.6 Å². The van der Waals surface area contributed by atoms with Crippen LogP contribution in [0.4, 0.5) is 0 Å². The number of rotatable bonds is 12. The van der Waals surface area contributed by atoms with Crippen molar-refractivity contribution in [3.63, 3.8) is 0 Å². The fraction of sp³-hybridized carbons (Fsp3) is 0.545. The molecule has 0 spiro atoms. The second-order valence-electron chi connectivity index (χ2n) is 7.87. The van der Waals surface area contributed by atoms with Crippen LogP contribution in [0.5, 0.6) is 0 Å². The third kappa shape index (κ3) is 6.48. The van der Waals surface area contributed by atoms with Gasteiger partial charge in [-0.2, -0.15) is 0 Å². The van der Waals surface area contributed by atoms with E-state index in [1.54, 1.807) is 43.9 Å². The predicted molar refractivity (Wildman–Crippen MR) is 114 cm³/mol. The number of aromatic nitrogens is 2. The smallest absolute Gasteiger partial charge is 0.311 e. The molecule has 1 aromatic carbocycles. The summed E-state index contributed by atoms with van der Waals surface area (Å²) in [5.74, 6) is -0.207. The molecule has 0 amide bonds. The highest BCUT2D eigenvalue weighted by Gasteiger charge is 2.39. The van der Waals surface area contributed by atoms with Crippen LogP contribution in [0.3, 0.4) is 0 Å². The molecular weight excluding hydrogens is 404 g/mol. The highest BCUT2D eigenvalue weighted by atomic mass is 32.2. The molecular formula is C22H31N2O5S-. The van der Waals surface area contributed by atoms with E-state index < -0.39 is 16.5 Å². The highest BCUT2D eigenvalue weighted by molar-refractivity contribution is 7.79. The Morgan fingerprint density at radius 3 is 2.50 bits per heavy atom. The van der Waals surface area contributed by atoms with E-state index in [4.69, 9.17) is 9.47 Å². The molecule has 0 saturated heterocycles. The van der Waals surface area contributed by atoms with Crippen LogP contribution in [0.1, 0.15) is 57.6 Å². The first-order chi connectivity index (χ1) is 14.3. The lowest BCUT2D eigenvalue weighted by Gasteiger charge is -2.34. The van der Waals surface area contributed by atoms with Gasteiger partial charge in [0.05, 0.1) is 18.3 Å². The van der Waals surface area contributed by atoms with Crippen LogP contribution in [-0.2, 0) is 25.3 Å². The zero-order valence-electron chi connectivity index (χ0n) is 18.1. The molecule has 1 heterocycles. The predicted octanol–water partition coefficient (Wildman–Crippen LogP) is 3.85. The Kier molecular flexibility index (Phi) is 9.20. The second kappa shape index (κ2) is 11.4. The molecule has 0 radical (unpaired) electrons. The Hall–Kier alpha value is -2.03. The van der Waals surface area contributed by atoms with Gasteiger partial charge in [0.15, 0.2) is 0 Å². The summed E-state index contributed by atoms with van der Waals surface area (Å²) in [6.07, 6.45) is 7.46. The van der Waals surface area contributed by atoms with Gasteiger partial charge in [0, 0.05) is 30.4 Å². The van der Waals surface area contributed by atoms with E-state index in [1.807, 2.05) is 24.6 Å². The Labute approximate surface area is 181 Å². The minimum absolute atomic E-state index is 0.0411. The van der Waals surface area contributed by atoms with E-state index in [-0.39, 0.29) is 29.4 Å². The van der Waals surface area contributed by atoms with Crippen LogP contribution in [0.2, 0.25) is 0 Å². The molecule has 0 aliphatic carbocycles. The summed E-state index contributed by atoms with van der Waals surface area (Å²) >= 11 is -2.25. The van der Waals surface area contributed by atoms with Crippen molar-refractivity contribution >= 4 is 17.0 Å². The number of imidazole rings is 1. The average molecular weight is 436 g/mol. The number of ether oxygens (including phenoxy) is 2. The summed E-state index contributed by atoms with van der Waals surface area (Å²) in [6, 6.07) is 6.90. The topological polar surface area (TPSA) is 93.5 Å². The first kappa shape index (κ1) is 24.2. The zero-order valence-corrected chi connectivity index (χ0v) is 18.9. The first-order valence-electron chi connectivity index (χ1n) is 10.1. The molecule has 0 saturated carbocycles. The number of nitrogens with zero attached hydrogens (tertiary/aromatic N) is 2. The largest absolute Gasteiger partial charge is 0.768 e. The molecule has 8 heteroatoms. The number of benzene rings is 1. The molecule has 0 fully saturated rings. The molecule has 0 aliphatic rings. The number of esters is 1. The fourth-order valence-corrected chi connectivity index (χ4v) is 4.17. The first-order valence-corrected chi connectivity index (χ1v) is 11.2. The minimum Gasteiger partial charge on any atom is -0.768 e. The molecule has 0 N–H and O–H groups in total. The lowest BCUT2D eigenvalue weighted by atomic mass is 9.74. The molecule has 0 bridgehead atoms. The molecule has 4 atom stereocenters. The van der Waals surface area contributed by atoms with Crippen molar-refractivity contribution in [2.24, 2.45) is 5.41 Å². The van der Waals surface area contributed by atoms with Crippen LogP contribution in [0.25, 0.3) is 0 Å². The fourth-order valence-electron chi connectivity index (χ4n) is 3.81. The maximum absolute atomic E-state index is 13.1. The van der Waals surface area contributed by atoms with Gasteiger partial charge in [-0.15, -0.1) is 0 Å². The monoisotopic (exact) mass is 435 g/mol. The SMILES string of the molecule is CCC(CC(C)(CC(C)c1ccc(S(=O)[O-])cc1)C(=O)OCCOC)n1ccnc1. The molecule has 7 nitrogen and oxygen atoms in total. The molecule has 0 aliphatic heterocycles. The Morgan fingerprint density at radius 2 is 1.97 bits per heavy atom. The van der Waals surface area contributed by atoms with Crippen molar-refractivity contribution in [1.29, 1.82) is 0 Å². The lowest BCUT2D eigenvalue weighted by molar-refractivity contribution is -0.158. The standard InChI is InChI=1S/C22H32N2O5S/c1-5-19(24-11-10-23-16-24)15-22(3,21(25)29-13-12-28-4)14-17(2)18-6-8-20(9-7-18)30(26)27/h6-11,16-17,19H,5,12-15H2,1-4H3,(H,26,27)/p-1. The molecule has 166 valence electrons. The number of hydrogen-bond donors (Lipinski definition) is 0. The molecule has 4 unspecified atom stereocenters. The molecule has 2 aromatic rings. The summed E-state index contributed by atoms with van der Waals surface area (Å²) < 4.78 is 34.8. The van der Waals surface area contributed by atoms with Gasteiger partial charge in [-0.25, -0.2) is 4.98 Å². The lowest BCUT2D eigenvalue weighted by Crippen LogP contribution is -2.35. The average Bonchev–Trinajstić information content (AvgIpc) is 3.27. The van der Waals surface area contributed by atoms with Crippen molar-refractivity contribution in [2.45, 2.75) is 56.9 Å². The summed E-state index contributed by atoms with van der Waals surface area (Å²) in [4.78, 5) is 17.5. The normalized spacial score (nSPS) is 16.4. The van der Waals surface area contributed by atoms with Crippen molar-refractivity contribution < 1.29 is 23.0 Å². The summed E-state index contributed by atoms with van der Waals surface area (Å²) in [5.41, 5.74) is 0.258. The number of methoxy groups -OCH3 is 1. The zero-order chi connectivity index (χ0) is 22.1. The van der Waals surface area contributed by atoms with Crippen LogP contribution >= 0.6 is 0 Å². The van der Waals surface area contributed by atoms with Crippen molar-refractivity contribution in [2.75, 3.05) is 20.3 Å². The van der Waals surface area contributed by atoms with Gasteiger partial charge in [-0.1, -0.05) is 26.0 Å². The Morgan fingerprint density at radius 1 is 1.27 bits per heavy atom. The number of carbonyl (C=O) groups is 1. The summed E-state index contributed by atoms with van der Waals surface area (Å²) in [6.45, 7) is 6.64. The van der Waals surface area contributed by atoms with Crippen LogP contribution in [0.15, 0.2) is 47.9 Å². The third-order valence-corrected chi connectivity index (χ3v) is 6.17. The van der Waals surface area contributed by atoms with E-state index in [2.05, 4.69) is 11.9 Å². The van der Waals surface area contributed by atoms with Crippen molar-refractivity contribution in [1.82, 2.24) is 9.55 Å². The maximum Gasteiger partial charge on any atom is 0.311 e. The Balaban J connectivity index is 2.22. The highest BCUT2D eigenvalue weighted by Crippen LogP contribution is 2.40. The van der Waals surface area contributed by atoms with Crippen LogP contribution < -0.4 is 0 Å². The molecule has 30 heavy (non-hydrogen) atoms. The van der Waals surface area contributed by atoms with E-state index in [0.29, 0.717) is 19.4 Å². The third-order valence-electron chi connectivity index (χ3n) is 5.52. The number of hydrogen-bond acceptors (Lipinski definition) is 6. The molecule has 2 rings (SSSR count). The second-order valence-corrected chi connectivity index (χ2v) is 8.82. The van der Waals surface area contributed by atoms with Gasteiger partial charge in [0.1, 0.15) is 6.61 Å². The quantitative estimate of drug-likeness (QED) is 0.286. The summed E-state index contributed by atoms with van der Waals surface area (Å²) in [7, 11) is 1.57. The van der Waals surface area contributed by atoms with Crippen molar-refractivity contribution in [3.05, 3.63) is 48.5 Å². The number of carbonyl (C=O) groups excluding carboxylic acids is 1. The van der Waals surface area contributed by atoms with Gasteiger partial charge in [-0.3, -0.25) is 9.00 Å². The van der Waals surface area contributed by atoms with Gasteiger partial charge >= 0.3 is 5.97 Å². The van der Waals surface area contributed by atoms with Gasteiger partial charge in [0.2, 0.25) is 0 Å². The van der Waals surface area contributed by atoms with E-state index in [0.717, 1.165) is 12.0 Å². The summed E-state index contributed by atoms with van der Waals surface area (Å²) in [5, 5.41) is 0. The van der Waals surface area contributed by atoms with E-state index in [1.165, 1.54) is 0 Å².